The molecule has 1 aliphatic heterocycles. The molecule has 6 heteroatoms. The fourth-order valence-corrected chi connectivity index (χ4v) is 3.81. The van der Waals surface area contributed by atoms with Crippen LogP contribution in [0.15, 0.2) is 30.5 Å². The number of amides is 1. The Hall–Kier alpha value is -1.82. The van der Waals surface area contributed by atoms with Crippen molar-refractivity contribution in [2.24, 2.45) is 5.92 Å². The maximum Gasteiger partial charge on any atom is 0.255 e. The first-order valence-electron chi connectivity index (χ1n) is 7.40. The molecule has 22 heavy (non-hydrogen) atoms. The molecule has 2 N–H and O–H groups in total. The largest absolute Gasteiger partial charge is 0.352 e. The number of rotatable bonds is 4. The van der Waals surface area contributed by atoms with Crippen LogP contribution >= 0.6 is 11.8 Å². The van der Waals surface area contributed by atoms with Crippen molar-refractivity contribution in [3.8, 4) is 11.3 Å². The average molecular weight is 319 g/mol. The highest BCUT2D eigenvalue weighted by molar-refractivity contribution is 7.99. The van der Waals surface area contributed by atoms with Crippen molar-refractivity contribution >= 4 is 17.7 Å². The van der Waals surface area contributed by atoms with E-state index in [2.05, 4.69) is 15.5 Å². The first-order chi connectivity index (χ1) is 10.8. The van der Waals surface area contributed by atoms with Crippen molar-refractivity contribution in [3.05, 3.63) is 41.8 Å². The molecule has 0 unspecified atom stereocenters. The summed E-state index contributed by atoms with van der Waals surface area (Å²) in [5.41, 5.74) is 1.17. The highest BCUT2D eigenvalue weighted by atomic mass is 32.2. The molecule has 3 rings (SSSR count). The lowest BCUT2D eigenvalue weighted by Crippen LogP contribution is -2.31. The monoisotopic (exact) mass is 319 g/mol. The number of halogens is 1. The molecule has 1 aliphatic rings. The smallest absolute Gasteiger partial charge is 0.255 e. The second-order valence-corrected chi connectivity index (χ2v) is 6.63. The highest BCUT2D eigenvalue weighted by Crippen LogP contribution is 2.25. The van der Waals surface area contributed by atoms with Crippen molar-refractivity contribution in [2.75, 3.05) is 18.1 Å². The summed E-state index contributed by atoms with van der Waals surface area (Å²) in [6.45, 7) is 0.668. The van der Waals surface area contributed by atoms with Crippen molar-refractivity contribution in [2.45, 2.75) is 12.8 Å². The van der Waals surface area contributed by atoms with Gasteiger partial charge in [-0.2, -0.15) is 16.9 Å². The molecule has 1 amide bonds. The van der Waals surface area contributed by atoms with E-state index < -0.39 is 0 Å². The van der Waals surface area contributed by atoms with Crippen LogP contribution in [-0.4, -0.2) is 34.2 Å². The third-order valence-corrected chi connectivity index (χ3v) is 4.97. The Morgan fingerprint density at radius 2 is 2.14 bits per heavy atom. The van der Waals surface area contributed by atoms with Gasteiger partial charge in [-0.15, -0.1) is 0 Å². The van der Waals surface area contributed by atoms with Gasteiger partial charge in [0.25, 0.3) is 5.91 Å². The predicted molar refractivity (Wildman–Crippen MR) is 86.4 cm³/mol. The number of carbonyl (C=O) groups excluding carboxylic acids is 1. The normalized spacial score (nSPS) is 15.7. The minimum atomic E-state index is -0.370. The molecule has 0 spiro atoms. The van der Waals surface area contributed by atoms with Gasteiger partial charge in [0.15, 0.2) is 0 Å². The fourth-order valence-electron chi connectivity index (χ4n) is 2.61. The Morgan fingerprint density at radius 1 is 1.36 bits per heavy atom. The maximum atomic E-state index is 13.9. The number of aromatic nitrogens is 2. The summed E-state index contributed by atoms with van der Waals surface area (Å²) < 4.78 is 13.9. The SMILES string of the molecule is O=C(NCC1CCSCC1)c1cn[nH]c1-c1ccccc1F. The van der Waals surface area contributed by atoms with E-state index >= 15 is 0 Å². The van der Waals surface area contributed by atoms with Gasteiger partial charge in [-0.25, -0.2) is 4.39 Å². The lowest BCUT2D eigenvalue weighted by molar-refractivity contribution is 0.0947. The van der Waals surface area contributed by atoms with Crippen LogP contribution in [0.4, 0.5) is 4.39 Å². The molecule has 0 aliphatic carbocycles. The number of H-pyrrole nitrogens is 1. The predicted octanol–water partition coefficient (Wildman–Crippen LogP) is 3.09. The fraction of sp³-hybridized carbons (Fsp3) is 0.375. The highest BCUT2D eigenvalue weighted by Gasteiger charge is 2.19. The van der Waals surface area contributed by atoms with Gasteiger partial charge >= 0.3 is 0 Å². The van der Waals surface area contributed by atoms with Crippen LogP contribution in [-0.2, 0) is 0 Å². The molecule has 4 nitrogen and oxygen atoms in total. The van der Waals surface area contributed by atoms with Crippen LogP contribution < -0.4 is 5.32 Å². The van der Waals surface area contributed by atoms with Crippen molar-refractivity contribution < 1.29 is 9.18 Å². The van der Waals surface area contributed by atoms with Crippen LogP contribution in [0.3, 0.4) is 0 Å². The summed E-state index contributed by atoms with van der Waals surface area (Å²) in [6.07, 6.45) is 3.72. The topological polar surface area (TPSA) is 57.8 Å². The summed E-state index contributed by atoms with van der Waals surface area (Å²) in [7, 11) is 0. The molecule has 1 saturated heterocycles. The third kappa shape index (κ3) is 3.32. The lowest BCUT2D eigenvalue weighted by Gasteiger charge is -2.21. The van der Waals surface area contributed by atoms with E-state index in [9.17, 15) is 9.18 Å². The zero-order valence-electron chi connectivity index (χ0n) is 12.1. The van der Waals surface area contributed by atoms with Gasteiger partial charge < -0.3 is 5.32 Å². The Bertz CT molecular complexity index is 652. The van der Waals surface area contributed by atoms with Gasteiger partial charge in [0.05, 0.1) is 17.5 Å². The Kier molecular flexibility index (Phi) is 4.77. The van der Waals surface area contributed by atoms with Gasteiger partial charge in [-0.05, 0) is 42.4 Å². The standard InChI is InChI=1S/C16H18FN3OS/c17-14-4-2-1-3-12(14)15-13(10-19-20-15)16(21)18-9-11-5-7-22-8-6-11/h1-4,10-11H,5-9H2,(H,18,21)(H,19,20). The molecule has 0 atom stereocenters. The average Bonchev–Trinajstić information content (AvgIpc) is 3.03. The van der Waals surface area contributed by atoms with E-state index in [1.807, 2.05) is 11.8 Å². The van der Waals surface area contributed by atoms with E-state index in [-0.39, 0.29) is 11.7 Å². The second-order valence-electron chi connectivity index (χ2n) is 5.40. The quantitative estimate of drug-likeness (QED) is 0.910. The van der Waals surface area contributed by atoms with Gasteiger partial charge in [0, 0.05) is 12.1 Å². The number of nitrogens with one attached hydrogen (secondary N) is 2. The molecule has 2 heterocycles. The number of hydrogen-bond acceptors (Lipinski definition) is 3. The first kappa shape index (κ1) is 15.1. The molecule has 0 bridgehead atoms. The molecule has 1 aromatic heterocycles. The number of thioether (sulfide) groups is 1. The molecule has 116 valence electrons. The van der Waals surface area contributed by atoms with Crippen LogP contribution in [0.2, 0.25) is 0 Å². The van der Waals surface area contributed by atoms with Gasteiger partial charge in [-0.1, -0.05) is 12.1 Å². The van der Waals surface area contributed by atoms with Gasteiger partial charge in [0.1, 0.15) is 5.82 Å². The third-order valence-electron chi connectivity index (χ3n) is 3.92. The van der Waals surface area contributed by atoms with E-state index in [4.69, 9.17) is 0 Å². The molecule has 0 saturated carbocycles. The van der Waals surface area contributed by atoms with E-state index in [1.165, 1.54) is 12.3 Å². The molecule has 1 fully saturated rings. The summed E-state index contributed by atoms with van der Waals surface area (Å²) in [4.78, 5) is 12.4. The number of carbonyl (C=O) groups is 1. The van der Waals surface area contributed by atoms with E-state index in [0.717, 1.165) is 24.3 Å². The summed E-state index contributed by atoms with van der Waals surface area (Å²) in [5.74, 6) is 2.28. The summed E-state index contributed by atoms with van der Waals surface area (Å²) in [6, 6.07) is 6.37. The number of aromatic amines is 1. The van der Waals surface area contributed by atoms with Crippen LogP contribution in [0.1, 0.15) is 23.2 Å². The van der Waals surface area contributed by atoms with Crippen molar-refractivity contribution in [1.29, 1.82) is 0 Å². The van der Waals surface area contributed by atoms with Crippen LogP contribution in [0.25, 0.3) is 11.3 Å². The molecular weight excluding hydrogens is 301 g/mol. The minimum Gasteiger partial charge on any atom is -0.352 e. The minimum absolute atomic E-state index is 0.203. The Labute approximate surface area is 132 Å². The zero-order chi connectivity index (χ0) is 15.4. The van der Waals surface area contributed by atoms with Crippen LogP contribution in [0.5, 0.6) is 0 Å². The number of benzene rings is 1. The summed E-state index contributed by atoms with van der Waals surface area (Å²) >= 11 is 1.96. The maximum absolute atomic E-state index is 13.9. The number of nitrogens with zero attached hydrogens (tertiary/aromatic N) is 1. The second kappa shape index (κ2) is 6.96. The first-order valence-corrected chi connectivity index (χ1v) is 8.55. The Balaban J connectivity index is 1.71. The van der Waals surface area contributed by atoms with Gasteiger partial charge in [-0.3, -0.25) is 9.89 Å². The lowest BCUT2D eigenvalue weighted by atomic mass is 10.0. The van der Waals surface area contributed by atoms with Crippen molar-refractivity contribution in [1.82, 2.24) is 15.5 Å². The van der Waals surface area contributed by atoms with Crippen molar-refractivity contribution in [3.63, 3.8) is 0 Å². The van der Waals surface area contributed by atoms with E-state index in [0.29, 0.717) is 29.3 Å². The zero-order valence-corrected chi connectivity index (χ0v) is 13.0. The van der Waals surface area contributed by atoms with E-state index in [1.54, 1.807) is 18.2 Å². The summed E-state index contributed by atoms with van der Waals surface area (Å²) in [5, 5.41) is 9.58. The molecule has 0 radical (unpaired) electrons. The molecular formula is C16H18FN3OS. The number of hydrogen-bond donors (Lipinski definition) is 2. The van der Waals surface area contributed by atoms with Crippen LogP contribution in [0, 0.1) is 11.7 Å². The van der Waals surface area contributed by atoms with Gasteiger partial charge in [0.2, 0.25) is 0 Å². The molecule has 1 aromatic carbocycles. The molecule has 2 aromatic rings. The Morgan fingerprint density at radius 3 is 2.91 bits per heavy atom.